The number of hydrogen-bond donors (Lipinski definition) is 1. The molecule has 0 aromatic heterocycles. The Labute approximate surface area is 126 Å². The molecule has 0 aromatic carbocycles. The van der Waals surface area contributed by atoms with Crippen molar-refractivity contribution < 1.29 is 17.3 Å². The Hall–Kier alpha value is -0.270. The van der Waals surface area contributed by atoms with E-state index in [1.165, 1.54) is 70.8 Å². The molecule has 0 fully saturated rings. The van der Waals surface area contributed by atoms with Crippen LogP contribution in [0.3, 0.4) is 0 Å². The van der Waals surface area contributed by atoms with Crippen molar-refractivity contribution in [2.24, 2.45) is 0 Å². The summed E-state index contributed by atoms with van der Waals surface area (Å²) in [6.45, 7) is 5.86. The number of quaternary nitrogens is 1. The van der Waals surface area contributed by atoms with Gasteiger partial charge < -0.3 is 12.4 Å². The van der Waals surface area contributed by atoms with Gasteiger partial charge in [0, 0.05) is 12.5 Å². The van der Waals surface area contributed by atoms with E-state index in [9.17, 15) is 0 Å². The molecule has 1 nitrogen and oxygen atoms in total. The van der Waals surface area contributed by atoms with Crippen molar-refractivity contribution >= 4 is 0 Å². The quantitative estimate of drug-likeness (QED) is 0.545. The molecule has 0 radical (unpaired) electrons. The zero-order valence-corrected chi connectivity index (χ0v) is 13.6. The number of allylic oxidation sites excluding steroid dienone is 3. The second kappa shape index (κ2) is 12.7. The summed E-state index contributed by atoms with van der Waals surface area (Å²) in [6, 6.07) is 0. The second-order valence-corrected chi connectivity index (χ2v) is 5.55. The van der Waals surface area contributed by atoms with Crippen molar-refractivity contribution in [1.82, 2.24) is 0 Å². The molecule has 1 aliphatic heterocycles. The molecule has 0 bridgehead atoms. The Kier molecular flexibility index (Phi) is 12.6. The average Bonchev–Trinajstić information content (AvgIpc) is 2.81. The van der Waals surface area contributed by atoms with Gasteiger partial charge in [0.25, 0.3) is 0 Å². The predicted molar refractivity (Wildman–Crippen MR) is 80.6 cm³/mol. The molecular weight excluding hydrogens is 254 g/mol. The molecule has 0 aromatic rings. The second-order valence-electron chi connectivity index (χ2n) is 5.55. The summed E-state index contributed by atoms with van der Waals surface area (Å²) in [6.07, 6.45) is 20.8. The van der Waals surface area contributed by atoms with Crippen LogP contribution in [0.2, 0.25) is 0 Å². The standard InChI is InChI=1S/C17H31N.ClH/c1-3-5-6-7-8-9-10-11-15-18-16-12-14-17(18)13-4-2;/h12,14,16H,3-11,13,15H2,1-2H3;1H. The van der Waals surface area contributed by atoms with Gasteiger partial charge in [-0.05, 0) is 25.3 Å². The lowest BCUT2D eigenvalue weighted by Crippen LogP contribution is -3.04. The van der Waals surface area contributed by atoms with Crippen LogP contribution in [0, 0.1) is 0 Å². The van der Waals surface area contributed by atoms with E-state index in [1.54, 1.807) is 10.6 Å². The first-order valence-electron chi connectivity index (χ1n) is 8.12. The molecule has 0 aliphatic carbocycles. The van der Waals surface area contributed by atoms with Crippen molar-refractivity contribution in [3.63, 3.8) is 0 Å². The summed E-state index contributed by atoms with van der Waals surface area (Å²) < 4.78 is 0. The maximum absolute atomic E-state index is 2.33. The third-order valence-corrected chi connectivity index (χ3v) is 3.83. The largest absolute Gasteiger partial charge is 1.00 e. The first kappa shape index (κ1) is 18.7. The highest BCUT2D eigenvalue weighted by Gasteiger charge is 2.14. The van der Waals surface area contributed by atoms with Crippen LogP contribution in [0.4, 0.5) is 0 Å². The van der Waals surface area contributed by atoms with Crippen molar-refractivity contribution in [2.45, 2.75) is 78.1 Å². The van der Waals surface area contributed by atoms with E-state index < -0.39 is 0 Å². The van der Waals surface area contributed by atoms with Gasteiger partial charge in [0.05, 0.1) is 12.7 Å². The fourth-order valence-corrected chi connectivity index (χ4v) is 2.70. The van der Waals surface area contributed by atoms with Crippen molar-refractivity contribution in [1.29, 1.82) is 0 Å². The van der Waals surface area contributed by atoms with E-state index >= 15 is 0 Å². The summed E-state index contributed by atoms with van der Waals surface area (Å²) >= 11 is 0. The first-order valence-corrected chi connectivity index (χ1v) is 8.12. The minimum atomic E-state index is 0. The minimum absolute atomic E-state index is 0. The van der Waals surface area contributed by atoms with E-state index in [1.807, 2.05) is 0 Å². The van der Waals surface area contributed by atoms with Gasteiger partial charge in [-0.1, -0.05) is 52.4 Å². The van der Waals surface area contributed by atoms with Gasteiger partial charge in [-0.3, -0.25) is 4.90 Å². The van der Waals surface area contributed by atoms with Crippen LogP contribution in [-0.2, 0) is 0 Å². The predicted octanol–water partition coefficient (Wildman–Crippen LogP) is 1.23. The monoisotopic (exact) mass is 285 g/mol. The number of hydrogen-bond acceptors (Lipinski definition) is 0. The van der Waals surface area contributed by atoms with Gasteiger partial charge in [-0.25, -0.2) is 0 Å². The molecule has 1 N–H and O–H groups in total. The van der Waals surface area contributed by atoms with Crippen LogP contribution in [0.5, 0.6) is 0 Å². The highest BCUT2D eigenvalue weighted by atomic mass is 35.5. The lowest BCUT2D eigenvalue weighted by Gasteiger charge is -2.13. The zero-order chi connectivity index (χ0) is 13.1. The van der Waals surface area contributed by atoms with E-state index in [0.717, 1.165) is 0 Å². The lowest BCUT2D eigenvalue weighted by molar-refractivity contribution is -0.804. The Morgan fingerprint density at radius 2 is 1.47 bits per heavy atom. The number of nitrogens with one attached hydrogen (secondary N) is 1. The topological polar surface area (TPSA) is 4.44 Å². The SMILES string of the molecule is CCCCCCCCCC[NH+]1C=CC=C1CCC.[Cl-]. The van der Waals surface area contributed by atoms with E-state index in [-0.39, 0.29) is 12.4 Å². The van der Waals surface area contributed by atoms with Gasteiger partial charge in [-0.2, -0.15) is 0 Å². The van der Waals surface area contributed by atoms with E-state index in [0.29, 0.717) is 0 Å². The molecule has 2 heteroatoms. The molecule has 1 aliphatic rings. The summed E-state index contributed by atoms with van der Waals surface area (Å²) in [7, 11) is 0. The van der Waals surface area contributed by atoms with Gasteiger partial charge in [-0.15, -0.1) is 0 Å². The molecular formula is C17H32ClN. The Bertz CT molecular complexity index is 258. The van der Waals surface area contributed by atoms with Crippen LogP contribution in [0.1, 0.15) is 78.1 Å². The molecule has 112 valence electrons. The smallest absolute Gasteiger partial charge is 0.112 e. The molecule has 0 saturated carbocycles. The van der Waals surface area contributed by atoms with E-state index in [2.05, 4.69) is 32.2 Å². The number of rotatable bonds is 11. The molecule has 1 heterocycles. The summed E-state index contributed by atoms with van der Waals surface area (Å²) in [5.41, 5.74) is 1.60. The number of halogens is 1. The normalized spacial score (nSPS) is 17.4. The highest BCUT2D eigenvalue weighted by molar-refractivity contribution is 5.10. The zero-order valence-electron chi connectivity index (χ0n) is 12.9. The van der Waals surface area contributed by atoms with Gasteiger partial charge >= 0.3 is 0 Å². The van der Waals surface area contributed by atoms with Crippen LogP contribution in [-0.4, -0.2) is 6.54 Å². The summed E-state index contributed by atoms with van der Waals surface area (Å²) in [5, 5.41) is 0. The van der Waals surface area contributed by atoms with Gasteiger partial charge in [0.1, 0.15) is 5.70 Å². The van der Waals surface area contributed by atoms with Crippen LogP contribution >= 0.6 is 0 Å². The number of unbranched alkanes of at least 4 members (excludes halogenated alkanes) is 7. The van der Waals surface area contributed by atoms with Gasteiger partial charge in [0.15, 0.2) is 0 Å². The Balaban J connectivity index is 0.00000324. The van der Waals surface area contributed by atoms with Crippen molar-refractivity contribution in [3.05, 3.63) is 24.0 Å². The minimum Gasteiger partial charge on any atom is -1.00 e. The molecule has 0 saturated heterocycles. The lowest BCUT2D eigenvalue weighted by atomic mass is 10.1. The van der Waals surface area contributed by atoms with Crippen LogP contribution in [0.15, 0.2) is 24.0 Å². The third-order valence-electron chi connectivity index (χ3n) is 3.83. The van der Waals surface area contributed by atoms with Crippen LogP contribution in [0.25, 0.3) is 0 Å². The third kappa shape index (κ3) is 8.49. The Morgan fingerprint density at radius 1 is 0.842 bits per heavy atom. The van der Waals surface area contributed by atoms with E-state index in [4.69, 9.17) is 0 Å². The molecule has 1 atom stereocenters. The maximum Gasteiger partial charge on any atom is 0.112 e. The maximum atomic E-state index is 2.33. The van der Waals surface area contributed by atoms with Crippen LogP contribution < -0.4 is 17.3 Å². The first-order chi connectivity index (χ1) is 8.88. The fraction of sp³-hybridized carbons (Fsp3) is 0.765. The van der Waals surface area contributed by atoms with Crippen molar-refractivity contribution in [2.75, 3.05) is 6.54 Å². The highest BCUT2D eigenvalue weighted by Crippen LogP contribution is 2.08. The molecule has 0 amide bonds. The average molecular weight is 286 g/mol. The summed E-state index contributed by atoms with van der Waals surface area (Å²) in [4.78, 5) is 1.61. The Morgan fingerprint density at radius 3 is 2.11 bits per heavy atom. The molecule has 1 unspecified atom stereocenters. The fourth-order valence-electron chi connectivity index (χ4n) is 2.70. The molecule has 0 spiro atoms. The molecule has 19 heavy (non-hydrogen) atoms. The van der Waals surface area contributed by atoms with Gasteiger partial charge in [0.2, 0.25) is 0 Å². The van der Waals surface area contributed by atoms with Crippen molar-refractivity contribution in [3.8, 4) is 0 Å². The molecule has 1 rings (SSSR count). The summed E-state index contributed by atoms with van der Waals surface area (Å²) in [5.74, 6) is 0.